The van der Waals surface area contributed by atoms with Gasteiger partial charge in [0.15, 0.2) is 0 Å². The molecule has 1 aromatic rings. The normalized spacial score (nSPS) is 11.2. The van der Waals surface area contributed by atoms with E-state index in [1.807, 2.05) is 46.0 Å². The van der Waals surface area contributed by atoms with Crippen molar-refractivity contribution in [3.63, 3.8) is 0 Å². The third-order valence-corrected chi connectivity index (χ3v) is 2.65. The number of anilines is 1. The Morgan fingerprint density at radius 2 is 2.06 bits per heavy atom. The van der Waals surface area contributed by atoms with Gasteiger partial charge in [-0.2, -0.15) is 0 Å². The molecule has 0 radical (unpaired) electrons. The van der Waals surface area contributed by atoms with E-state index in [4.69, 9.17) is 4.74 Å². The lowest BCUT2D eigenvalue weighted by molar-refractivity contribution is 0.0821. The number of aryl methyl sites for hydroxylation is 1. The lowest BCUT2D eigenvalue weighted by atomic mass is 10.0. The predicted molar refractivity (Wildman–Crippen MR) is 74.1 cm³/mol. The molecule has 0 heterocycles. The van der Waals surface area contributed by atoms with Gasteiger partial charge in [-0.3, -0.25) is 4.79 Å². The lowest BCUT2D eigenvalue weighted by Gasteiger charge is -2.25. The molecule has 1 aromatic carbocycles. The minimum absolute atomic E-state index is 0.0959. The molecule has 1 amide bonds. The molecule has 18 heavy (non-hydrogen) atoms. The molecule has 4 nitrogen and oxygen atoms in total. The maximum atomic E-state index is 12.2. The third kappa shape index (κ3) is 3.74. The van der Waals surface area contributed by atoms with Gasteiger partial charge in [-0.15, -0.1) is 0 Å². The summed E-state index contributed by atoms with van der Waals surface area (Å²) in [6, 6.07) is 5.72. The standard InChI is InChI=1S/C14H22N2O2/c1-10-6-7-11(12(8-10)15-4)13(17)16-14(2,3)9-18-5/h6-8,15H,9H2,1-5H3,(H,16,17). The molecule has 0 aromatic heterocycles. The maximum absolute atomic E-state index is 12.2. The van der Waals surface area contributed by atoms with Crippen molar-refractivity contribution in [3.8, 4) is 0 Å². The zero-order chi connectivity index (χ0) is 13.8. The molecule has 100 valence electrons. The van der Waals surface area contributed by atoms with Crippen molar-refractivity contribution in [2.24, 2.45) is 0 Å². The second-order valence-corrected chi connectivity index (χ2v) is 5.07. The Bertz CT molecular complexity index is 428. The van der Waals surface area contributed by atoms with E-state index in [9.17, 15) is 4.79 Å². The molecule has 0 aliphatic carbocycles. The van der Waals surface area contributed by atoms with E-state index in [0.717, 1.165) is 11.3 Å². The third-order valence-electron chi connectivity index (χ3n) is 2.65. The summed E-state index contributed by atoms with van der Waals surface area (Å²) in [7, 11) is 3.44. The van der Waals surface area contributed by atoms with Crippen LogP contribution >= 0.6 is 0 Å². The van der Waals surface area contributed by atoms with E-state index in [1.165, 1.54) is 0 Å². The van der Waals surface area contributed by atoms with E-state index < -0.39 is 0 Å². The van der Waals surface area contributed by atoms with Crippen LogP contribution in [0.15, 0.2) is 18.2 Å². The number of hydrogen-bond acceptors (Lipinski definition) is 3. The van der Waals surface area contributed by atoms with E-state index in [1.54, 1.807) is 7.11 Å². The largest absolute Gasteiger partial charge is 0.387 e. The number of carbonyl (C=O) groups excluding carboxylic acids is 1. The Hall–Kier alpha value is -1.55. The number of amides is 1. The molecule has 0 spiro atoms. The average Bonchev–Trinajstić information content (AvgIpc) is 2.27. The van der Waals surface area contributed by atoms with Gasteiger partial charge < -0.3 is 15.4 Å². The molecule has 4 heteroatoms. The molecular weight excluding hydrogens is 228 g/mol. The van der Waals surface area contributed by atoms with Crippen LogP contribution in [-0.2, 0) is 4.74 Å². The van der Waals surface area contributed by atoms with Gasteiger partial charge in [0.05, 0.1) is 17.7 Å². The second-order valence-electron chi connectivity index (χ2n) is 5.07. The highest BCUT2D eigenvalue weighted by molar-refractivity contribution is 6.00. The van der Waals surface area contributed by atoms with Crippen molar-refractivity contribution in [2.45, 2.75) is 26.3 Å². The van der Waals surface area contributed by atoms with Gasteiger partial charge in [0.1, 0.15) is 0 Å². The summed E-state index contributed by atoms with van der Waals surface area (Å²) in [6.45, 7) is 6.33. The zero-order valence-corrected chi connectivity index (χ0v) is 11.8. The predicted octanol–water partition coefficient (Wildman–Crippen LogP) is 2.19. The van der Waals surface area contributed by atoms with Crippen LogP contribution in [-0.4, -0.2) is 32.2 Å². The smallest absolute Gasteiger partial charge is 0.253 e. The van der Waals surface area contributed by atoms with Gasteiger partial charge in [-0.1, -0.05) is 6.07 Å². The fourth-order valence-corrected chi connectivity index (χ4v) is 1.83. The summed E-state index contributed by atoms with van der Waals surface area (Å²) in [5, 5.41) is 6.01. The Labute approximate surface area is 109 Å². The lowest BCUT2D eigenvalue weighted by Crippen LogP contribution is -2.46. The molecule has 0 aliphatic heterocycles. The molecule has 0 saturated heterocycles. The van der Waals surface area contributed by atoms with Crippen molar-refractivity contribution < 1.29 is 9.53 Å². The van der Waals surface area contributed by atoms with Crippen molar-refractivity contribution >= 4 is 11.6 Å². The Balaban J connectivity index is 2.91. The van der Waals surface area contributed by atoms with Crippen LogP contribution in [0.5, 0.6) is 0 Å². The summed E-state index contributed by atoms with van der Waals surface area (Å²) in [6.07, 6.45) is 0. The van der Waals surface area contributed by atoms with E-state index in [-0.39, 0.29) is 11.4 Å². The van der Waals surface area contributed by atoms with Gasteiger partial charge in [-0.05, 0) is 38.5 Å². The van der Waals surface area contributed by atoms with Gasteiger partial charge in [0.25, 0.3) is 5.91 Å². The van der Waals surface area contributed by atoms with Crippen LogP contribution < -0.4 is 10.6 Å². The number of ether oxygens (including phenoxy) is 1. The maximum Gasteiger partial charge on any atom is 0.253 e. The van der Waals surface area contributed by atoms with E-state index in [0.29, 0.717) is 12.2 Å². The highest BCUT2D eigenvalue weighted by atomic mass is 16.5. The fourth-order valence-electron chi connectivity index (χ4n) is 1.83. The number of hydrogen-bond donors (Lipinski definition) is 2. The van der Waals surface area contributed by atoms with E-state index >= 15 is 0 Å². The van der Waals surface area contributed by atoms with Crippen LogP contribution in [0, 0.1) is 6.92 Å². The average molecular weight is 250 g/mol. The Morgan fingerprint density at radius 3 is 2.61 bits per heavy atom. The van der Waals surface area contributed by atoms with E-state index in [2.05, 4.69) is 10.6 Å². The summed E-state index contributed by atoms with van der Waals surface area (Å²) < 4.78 is 5.09. The topological polar surface area (TPSA) is 50.4 Å². The Kier molecular flexibility index (Phi) is 4.73. The van der Waals surface area contributed by atoms with Gasteiger partial charge in [-0.25, -0.2) is 0 Å². The quantitative estimate of drug-likeness (QED) is 0.842. The first-order valence-electron chi connectivity index (χ1n) is 5.99. The van der Waals surface area contributed by atoms with Gasteiger partial charge in [0, 0.05) is 19.8 Å². The molecule has 0 fully saturated rings. The SMILES string of the molecule is CNc1cc(C)ccc1C(=O)NC(C)(C)COC. The van der Waals surface area contributed by atoms with Gasteiger partial charge in [0.2, 0.25) is 0 Å². The number of benzene rings is 1. The summed E-state index contributed by atoms with van der Waals surface area (Å²) in [4.78, 5) is 12.2. The minimum atomic E-state index is -0.387. The van der Waals surface area contributed by atoms with Crippen LogP contribution in [0.25, 0.3) is 0 Å². The molecule has 0 saturated carbocycles. The van der Waals surface area contributed by atoms with Crippen molar-refractivity contribution in [1.29, 1.82) is 0 Å². The molecule has 0 atom stereocenters. The van der Waals surface area contributed by atoms with Crippen LogP contribution in [0.4, 0.5) is 5.69 Å². The first kappa shape index (κ1) is 14.5. The second kappa shape index (κ2) is 5.87. The monoisotopic (exact) mass is 250 g/mol. The number of methoxy groups -OCH3 is 1. The highest BCUT2D eigenvalue weighted by Crippen LogP contribution is 2.18. The highest BCUT2D eigenvalue weighted by Gasteiger charge is 2.22. The Morgan fingerprint density at radius 1 is 1.39 bits per heavy atom. The van der Waals surface area contributed by atoms with Crippen molar-refractivity contribution in [3.05, 3.63) is 29.3 Å². The van der Waals surface area contributed by atoms with Crippen molar-refractivity contribution in [2.75, 3.05) is 26.1 Å². The van der Waals surface area contributed by atoms with Crippen LogP contribution in [0.2, 0.25) is 0 Å². The first-order valence-corrected chi connectivity index (χ1v) is 5.99. The summed E-state index contributed by atoms with van der Waals surface area (Å²) in [5.41, 5.74) is 2.21. The molecule has 1 rings (SSSR count). The van der Waals surface area contributed by atoms with Crippen molar-refractivity contribution in [1.82, 2.24) is 5.32 Å². The molecule has 0 aliphatic rings. The summed E-state index contributed by atoms with van der Waals surface area (Å²) in [5.74, 6) is -0.0959. The van der Waals surface area contributed by atoms with Crippen LogP contribution in [0.1, 0.15) is 29.8 Å². The molecule has 2 N–H and O–H groups in total. The number of rotatable bonds is 5. The number of carbonyl (C=O) groups is 1. The fraction of sp³-hybridized carbons (Fsp3) is 0.500. The minimum Gasteiger partial charge on any atom is -0.387 e. The first-order chi connectivity index (χ1) is 8.39. The molecular formula is C14H22N2O2. The van der Waals surface area contributed by atoms with Gasteiger partial charge >= 0.3 is 0 Å². The van der Waals surface area contributed by atoms with Crippen LogP contribution in [0.3, 0.4) is 0 Å². The molecule has 0 unspecified atom stereocenters. The molecule has 0 bridgehead atoms. The zero-order valence-electron chi connectivity index (χ0n) is 11.8. The number of nitrogens with one attached hydrogen (secondary N) is 2. The summed E-state index contributed by atoms with van der Waals surface area (Å²) >= 11 is 0.